The Morgan fingerprint density at radius 1 is 1.35 bits per heavy atom. The molecule has 96 valence electrons. The van der Waals surface area contributed by atoms with Gasteiger partial charge in [0.05, 0.1) is 0 Å². The number of hydrogen-bond donors (Lipinski definition) is 1. The molecule has 1 aromatic rings. The Kier molecular flexibility index (Phi) is 6.45. The van der Waals surface area contributed by atoms with Gasteiger partial charge in [-0.15, -0.1) is 0 Å². The highest BCUT2D eigenvalue weighted by Crippen LogP contribution is 2.26. The summed E-state index contributed by atoms with van der Waals surface area (Å²) < 4.78 is 0. The second-order valence-electron chi connectivity index (χ2n) is 4.34. The fraction of sp³-hybridized carbons (Fsp3) is 0.571. The van der Waals surface area contributed by atoms with Crippen LogP contribution < -0.4 is 10.6 Å². The van der Waals surface area contributed by atoms with Crippen LogP contribution in [0.5, 0.6) is 0 Å². The Labute approximate surface area is 110 Å². The van der Waals surface area contributed by atoms with E-state index in [1.165, 1.54) is 23.4 Å². The molecule has 0 aliphatic heterocycles. The van der Waals surface area contributed by atoms with Crippen molar-refractivity contribution in [3.63, 3.8) is 0 Å². The first-order valence-electron chi connectivity index (χ1n) is 6.25. The van der Waals surface area contributed by atoms with Crippen LogP contribution in [0.3, 0.4) is 0 Å². The van der Waals surface area contributed by atoms with Crippen LogP contribution in [0.4, 0.5) is 5.69 Å². The molecule has 17 heavy (non-hydrogen) atoms. The SMILES string of the molecule is CCC(N)c1ccccc1N(C)CCCSC. The van der Waals surface area contributed by atoms with E-state index in [0.717, 1.165) is 13.0 Å². The van der Waals surface area contributed by atoms with Gasteiger partial charge in [0.2, 0.25) is 0 Å². The van der Waals surface area contributed by atoms with E-state index in [1.807, 2.05) is 11.8 Å². The summed E-state index contributed by atoms with van der Waals surface area (Å²) in [6.07, 6.45) is 4.35. The predicted molar refractivity (Wildman–Crippen MR) is 79.9 cm³/mol. The molecule has 0 fully saturated rings. The maximum absolute atomic E-state index is 6.16. The molecule has 0 aliphatic carbocycles. The number of benzene rings is 1. The smallest absolute Gasteiger partial charge is 0.0412 e. The Bertz CT molecular complexity index is 328. The molecule has 0 amide bonds. The van der Waals surface area contributed by atoms with E-state index in [-0.39, 0.29) is 6.04 Å². The second-order valence-corrected chi connectivity index (χ2v) is 5.33. The van der Waals surface area contributed by atoms with Gasteiger partial charge in [0.25, 0.3) is 0 Å². The minimum absolute atomic E-state index is 0.147. The average Bonchev–Trinajstić information content (AvgIpc) is 2.38. The summed E-state index contributed by atoms with van der Waals surface area (Å²) in [4.78, 5) is 2.32. The molecule has 1 unspecified atom stereocenters. The van der Waals surface area contributed by atoms with E-state index in [9.17, 15) is 0 Å². The number of thioether (sulfide) groups is 1. The summed E-state index contributed by atoms with van der Waals surface area (Å²) in [6.45, 7) is 3.23. The van der Waals surface area contributed by atoms with E-state index in [0.29, 0.717) is 0 Å². The van der Waals surface area contributed by atoms with Gasteiger partial charge in [-0.3, -0.25) is 0 Å². The zero-order valence-electron chi connectivity index (χ0n) is 11.1. The summed E-state index contributed by atoms with van der Waals surface area (Å²) in [6, 6.07) is 8.63. The van der Waals surface area contributed by atoms with E-state index >= 15 is 0 Å². The van der Waals surface area contributed by atoms with Crippen LogP contribution in [-0.2, 0) is 0 Å². The van der Waals surface area contributed by atoms with Crippen molar-refractivity contribution < 1.29 is 0 Å². The van der Waals surface area contributed by atoms with Crippen molar-refractivity contribution in [3.05, 3.63) is 29.8 Å². The largest absolute Gasteiger partial charge is 0.374 e. The molecule has 2 nitrogen and oxygen atoms in total. The van der Waals surface area contributed by atoms with Gasteiger partial charge < -0.3 is 10.6 Å². The third-order valence-electron chi connectivity index (χ3n) is 3.03. The molecule has 0 bridgehead atoms. The lowest BCUT2D eigenvalue weighted by Gasteiger charge is -2.24. The highest BCUT2D eigenvalue weighted by molar-refractivity contribution is 7.98. The minimum atomic E-state index is 0.147. The highest BCUT2D eigenvalue weighted by atomic mass is 32.2. The number of para-hydroxylation sites is 1. The molecule has 3 heteroatoms. The maximum Gasteiger partial charge on any atom is 0.0412 e. The molecule has 0 heterocycles. The lowest BCUT2D eigenvalue weighted by Crippen LogP contribution is -2.22. The van der Waals surface area contributed by atoms with Crippen LogP contribution in [-0.4, -0.2) is 25.6 Å². The van der Waals surface area contributed by atoms with Crippen LogP contribution in [0.15, 0.2) is 24.3 Å². The summed E-state index contributed by atoms with van der Waals surface area (Å²) >= 11 is 1.90. The van der Waals surface area contributed by atoms with Crippen molar-refractivity contribution in [2.75, 3.05) is 30.5 Å². The molecule has 2 N–H and O–H groups in total. The van der Waals surface area contributed by atoms with Crippen molar-refractivity contribution in [2.45, 2.75) is 25.8 Å². The number of nitrogens with two attached hydrogens (primary N) is 1. The first kappa shape index (κ1) is 14.4. The third-order valence-corrected chi connectivity index (χ3v) is 3.73. The second kappa shape index (κ2) is 7.62. The van der Waals surface area contributed by atoms with E-state index in [1.54, 1.807) is 0 Å². The van der Waals surface area contributed by atoms with Gasteiger partial charge in [0, 0.05) is 25.3 Å². The molecule has 0 radical (unpaired) electrons. The summed E-state index contributed by atoms with van der Waals surface area (Å²) in [5.74, 6) is 1.21. The van der Waals surface area contributed by atoms with Gasteiger partial charge >= 0.3 is 0 Å². The number of hydrogen-bond acceptors (Lipinski definition) is 3. The van der Waals surface area contributed by atoms with Crippen molar-refractivity contribution in [1.82, 2.24) is 0 Å². The average molecular weight is 252 g/mol. The van der Waals surface area contributed by atoms with Gasteiger partial charge in [0.1, 0.15) is 0 Å². The lowest BCUT2D eigenvalue weighted by atomic mass is 10.0. The van der Waals surface area contributed by atoms with Crippen molar-refractivity contribution >= 4 is 17.4 Å². The van der Waals surface area contributed by atoms with Crippen LogP contribution >= 0.6 is 11.8 Å². The van der Waals surface area contributed by atoms with Gasteiger partial charge in [0.15, 0.2) is 0 Å². The quantitative estimate of drug-likeness (QED) is 0.755. The fourth-order valence-electron chi connectivity index (χ4n) is 1.94. The summed E-state index contributed by atoms with van der Waals surface area (Å²) in [5, 5.41) is 0. The monoisotopic (exact) mass is 252 g/mol. The van der Waals surface area contributed by atoms with Crippen molar-refractivity contribution in [3.8, 4) is 0 Å². The summed E-state index contributed by atoms with van der Waals surface area (Å²) in [7, 11) is 2.15. The van der Waals surface area contributed by atoms with E-state index < -0.39 is 0 Å². The molecule has 0 saturated carbocycles. The molecule has 0 saturated heterocycles. The molecule has 1 rings (SSSR count). The van der Waals surface area contributed by atoms with Crippen LogP contribution in [0.25, 0.3) is 0 Å². The first-order valence-corrected chi connectivity index (χ1v) is 7.64. The van der Waals surface area contributed by atoms with Crippen molar-refractivity contribution in [1.29, 1.82) is 0 Å². The summed E-state index contributed by atoms with van der Waals surface area (Å²) in [5.41, 5.74) is 8.70. The van der Waals surface area contributed by atoms with Gasteiger partial charge in [-0.1, -0.05) is 25.1 Å². The number of anilines is 1. The van der Waals surface area contributed by atoms with Crippen LogP contribution in [0.2, 0.25) is 0 Å². The Morgan fingerprint density at radius 3 is 2.71 bits per heavy atom. The standard InChI is InChI=1S/C14H24N2S/c1-4-13(15)12-8-5-6-9-14(12)16(2)10-7-11-17-3/h5-6,8-9,13H,4,7,10-11,15H2,1-3H3. The molecule has 1 atom stereocenters. The minimum Gasteiger partial charge on any atom is -0.374 e. The van der Waals surface area contributed by atoms with Gasteiger partial charge in [-0.25, -0.2) is 0 Å². The normalized spacial score (nSPS) is 12.5. The van der Waals surface area contributed by atoms with Crippen LogP contribution in [0, 0.1) is 0 Å². The third kappa shape index (κ3) is 4.25. The Hall–Kier alpha value is -0.670. The lowest BCUT2D eigenvalue weighted by molar-refractivity contribution is 0.693. The van der Waals surface area contributed by atoms with Gasteiger partial charge in [-0.2, -0.15) is 11.8 Å². The Balaban J connectivity index is 2.74. The van der Waals surface area contributed by atoms with E-state index in [2.05, 4.69) is 49.4 Å². The number of nitrogens with zero attached hydrogens (tertiary/aromatic N) is 1. The molecule has 0 aromatic heterocycles. The molecular formula is C14H24N2S. The maximum atomic E-state index is 6.16. The predicted octanol–water partition coefficient (Wildman–Crippen LogP) is 3.29. The highest BCUT2D eigenvalue weighted by Gasteiger charge is 2.11. The topological polar surface area (TPSA) is 29.3 Å². The zero-order chi connectivity index (χ0) is 12.7. The Morgan fingerprint density at radius 2 is 2.06 bits per heavy atom. The molecular weight excluding hydrogens is 228 g/mol. The van der Waals surface area contributed by atoms with E-state index in [4.69, 9.17) is 5.73 Å². The van der Waals surface area contributed by atoms with Gasteiger partial charge in [-0.05, 0) is 36.5 Å². The van der Waals surface area contributed by atoms with Crippen molar-refractivity contribution in [2.24, 2.45) is 5.73 Å². The van der Waals surface area contributed by atoms with Crippen LogP contribution in [0.1, 0.15) is 31.4 Å². The molecule has 0 spiro atoms. The molecule has 0 aliphatic rings. The fourth-order valence-corrected chi connectivity index (χ4v) is 2.35. The zero-order valence-corrected chi connectivity index (χ0v) is 12.0. The molecule has 1 aromatic carbocycles. The number of rotatable bonds is 7. The first-order chi connectivity index (χ1) is 8.20.